The van der Waals surface area contributed by atoms with Crippen molar-refractivity contribution in [1.29, 1.82) is 0 Å². The first-order chi connectivity index (χ1) is 9.00. The van der Waals surface area contributed by atoms with Crippen molar-refractivity contribution in [2.45, 2.75) is 19.9 Å². The fourth-order valence-electron chi connectivity index (χ4n) is 1.76. The van der Waals surface area contributed by atoms with Crippen LogP contribution in [-0.2, 0) is 14.3 Å². The third-order valence-corrected chi connectivity index (χ3v) is 2.94. The molecule has 0 bridgehead atoms. The van der Waals surface area contributed by atoms with E-state index in [-0.39, 0.29) is 31.4 Å². The second-order valence-corrected chi connectivity index (χ2v) is 4.77. The van der Waals surface area contributed by atoms with Crippen molar-refractivity contribution >= 4 is 12.1 Å². The van der Waals surface area contributed by atoms with E-state index in [1.165, 1.54) is 0 Å². The van der Waals surface area contributed by atoms with Crippen LogP contribution in [0.25, 0.3) is 0 Å². The SMILES string of the molecule is CC(C)[C@H](NC(=O)OCCN1CCOCC1)C(=O)[O-].[Li+]. The van der Waals surface area contributed by atoms with Crippen LogP contribution in [0.1, 0.15) is 13.8 Å². The molecule has 0 aromatic rings. The topological polar surface area (TPSA) is 90.9 Å². The van der Waals surface area contributed by atoms with Gasteiger partial charge in [0, 0.05) is 19.6 Å². The smallest absolute Gasteiger partial charge is 0.548 e. The molecule has 8 heteroatoms. The van der Waals surface area contributed by atoms with Gasteiger partial charge in [0.2, 0.25) is 0 Å². The number of carbonyl (C=O) groups excluding carboxylic acids is 2. The van der Waals surface area contributed by atoms with E-state index in [2.05, 4.69) is 10.2 Å². The predicted molar refractivity (Wildman–Crippen MR) is 65.4 cm³/mol. The Hall–Kier alpha value is -0.743. The Labute approximate surface area is 131 Å². The summed E-state index contributed by atoms with van der Waals surface area (Å²) in [5, 5.41) is 13.1. The maximum atomic E-state index is 11.4. The predicted octanol–water partition coefficient (Wildman–Crippen LogP) is -4.18. The van der Waals surface area contributed by atoms with Crippen LogP contribution in [0.5, 0.6) is 0 Å². The van der Waals surface area contributed by atoms with Crippen molar-refractivity contribution in [3.8, 4) is 0 Å². The van der Waals surface area contributed by atoms with Gasteiger partial charge < -0.3 is 24.7 Å². The van der Waals surface area contributed by atoms with Crippen molar-refractivity contribution < 1.29 is 43.0 Å². The molecule has 0 spiro atoms. The number of amides is 1. The van der Waals surface area contributed by atoms with E-state index in [1.54, 1.807) is 13.8 Å². The molecule has 0 saturated carbocycles. The molecule has 110 valence electrons. The molecule has 1 saturated heterocycles. The van der Waals surface area contributed by atoms with E-state index >= 15 is 0 Å². The second kappa shape index (κ2) is 10.1. The molecule has 1 atom stereocenters. The molecule has 1 heterocycles. The van der Waals surface area contributed by atoms with Crippen LogP contribution in [0.15, 0.2) is 0 Å². The third kappa shape index (κ3) is 7.15. The normalized spacial score (nSPS) is 17.1. The Balaban J connectivity index is 0.00000361. The quantitative estimate of drug-likeness (QED) is 0.496. The molecule has 0 aromatic heterocycles. The van der Waals surface area contributed by atoms with Crippen LogP contribution >= 0.6 is 0 Å². The number of nitrogens with zero attached hydrogens (tertiary/aromatic N) is 1. The van der Waals surface area contributed by atoms with E-state index in [9.17, 15) is 14.7 Å². The Morgan fingerprint density at radius 2 is 1.95 bits per heavy atom. The monoisotopic (exact) mass is 280 g/mol. The maximum absolute atomic E-state index is 11.4. The number of rotatable bonds is 6. The van der Waals surface area contributed by atoms with Crippen LogP contribution in [-0.4, -0.2) is 62.5 Å². The zero-order valence-electron chi connectivity index (χ0n) is 12.4. The van der Waals surface area contributed by atoms with Gasteiger partial charge in [0.1, 0.15) is 6.61 Å². The average molecular weight is 280 g/mol. The van der Waals surface area contributed by atoms with Crippen LogP contribution < -0.4 is 29.3 Å². The van der Waals surface area contributed by atoms with Gasteiger partial charge in [0.05, 0.1) is 25.2 Å². The van der Waals surface area contributed by atoms with Gasteiger partial charge in [-0.1, -0.05) is 13.8 Å². The first kappa shape index (κ1) is 19.3. The standard InChI is InChI=1S/C12H22N2O5.Li/c1-9(2)10(11(15)16)13-12(17)19-8-5-14-3-6-18-7-4-14;/h9-10H,3-8H2,1-2H3,(H,13,17)(H,15,16);/q;+1/p-1/t10-;/m0./s1. The molecule has 1 fully saturated rings. The molecular formula is C12H21LiN2O5. The van der Waals surface area contributed by atoms with Crippen molar-refractivity contribution in [2.24, 2.45) is 5.92 Å². The molecule has 1 N–H and O–H groups in total. The molecule has 7 nitrogen and oxygen atoms in total. The molecule has 1 amide bonds. The fourth-order valence-corrected chi connectivity index (χ4v) is 1.76. The number of hydrogen-bond donors (Lipinski definition) is 1. The maximum Gasteiger partial charge on any atom is 1.00 e. The van der Waals surface area contributed by atoms with Crippen molar-refractivity contribution in [3.05, 3.63) is 0 Å². The summed E-state index contributed by atoms with van der Waals surface area (Å²) in [6, 6.07) is -1.03. The van der Waals surface area contributed by atoms with Gasteiger partial charge in [-0.05, 0) is 5.92 Å². The fraction of sp³-hybridized carbons (Fsp3) is 0.833. The molecule has 0 unspecified atom stereocenters. The van der Waals surface area contributed by atoms with E-state index in [0.29, 0.717) is 19.8 Å². The first-order valence-corrected chi connectivity index (χ1v) is 6.45. The van der Waals surface area contributed by atoms with Crippen molar-refractivity contribution in [1.82, 2.24) is 10.2 Å². The van der Waals surface area contributed by atoms with Gasteiger partial charge in [-0.2, -0.15) is 0 Å². The summed E-state index contributed by atoms with van der Waals surface area (Å²) in [5.74, 6) is -1.56. The Morgan fingerprint density at radius 1 is 1.35 bits per heavy atom. The molecule has 0 aromatic carbocycles. The number of carboxylic acid groups (broad SMARTS) is 1. The van der Waals surface area contributed by atoms with E-state index in [0.717, 1.165) is 13.1 Å². The van der Waals surface area contributed by atoms with Gasteiger partial charge in [0.25, 0.3) is 0 Å². The Morgan fingerprint density at radius 3 is 2.45 bits per heavy atom. The number of ether oxygens (including phenoxy) is 2. The number of hydrogen-bond acceptors (Lipinski definition) is 6. The first-order valence-electron chi connectivity index (χ1n) is 6.45. The van der Waals surface area contributed by atoms with Crippen molar-refractivity contribution in [2.75, 3.05) is 39.5 Å². The van der Waals surface area contributed by atoms with E-state index < -0.39 is 18.1 Å². The van der Waals surface area contributed by atoms with Gasteiger partial charge in [-0.25, -0.2) is 4.79 Å². The van der Waals surface area contributed by atoms with Gasteiger partial charge >= 0.3 is 25.0 Å². The van der Waals surface area contributed by atoms with Crippen molar-refractivity contribution in [3.63, 3.8) is 0 Å². The van der Waals surface area contributed by atoms with Crippen LogP contribution in [0, 0.1) is 5.92 Å². The Bertz CT molecular complexity index is 308. The van der Waals surface area contributed by atoms with Crippen LogP contribution in [0.3, 0.4) is 0 Å². The van der Waals surface area contributed by atoms with E-state index in [4.69, 9.17) is 9.47 Å². The number of morpholine rings is 1. The largest absolute Gasteiger partial charge is 1.00 e. The molecule has 1 aliphatic rings. The number of carboxylic acids is 1. The summed E-state index contributed by atoms with van der Waals surface area (Å²) < 4.78 is 10.2. The number of aliphatic carboxylic acids is 1. The van der Waals surface area contributed by atoms with Gasteiger partial charge in [-0.15, -0.1) is 0 Å². The molecular weight excluding hydrogens is 259 g/mol. The minimum Gasteiger partial charge on any atom is -0.548 e. The molecule has 1 aliphatic heterocycles. The average Bonchev–Trinajstić information content (AvgIpc) is 2.36. The van der Waals surface area contributed by atoms with E-state index in [1.807, 2.05) is 0 Å². The third-order valence-electron chi connectivity index (χ3n) is 2.94. The van der Waals surface area contributed by atoms with Gasteiger partial charge in [0.15, 0.2) is 0 Å². The molecule has 20 heavy (non-hydrogen) atoms. The second-order valence-electron chi connectivity index (χ2n) is 4.77. The molecule has 1 rings (SSSR count). The summed E-state index contributed by atoms with van der Waals surface area (Å²) in [4.78, 5) is 24.4. The summed E-state index contributed by atoms with van der Waals surface area (Å²) in [6.07, 6.45) is -0.726. The summed E-state index contributed by atoms with van der Waals surface area (Å²) >= 11 is 0. The summed E-state index contributed by atoms with van der Waals surface area (Å²) in [6.45, 7) is 7.23. The minimum absolute atomic E-state index is 0. The zero-order chi connectivity index (χ0) is 14.3. The number of nitrogens with one attached hydrogen (secondary N) is 1. The minimum atomic E-state index is -1.31. The van der Waals surface area contributed by atoms with Gasteiger partial charge in [-0.3, -0.25) is 4.90 Å². The van der Waals surface area contributed by atoms with Crippen LogP contribution in [0.4, 0.5) is 4.79 Å². The molecule has 0 aliphatic carbocycles. The number of alkyl carbamates (subject to hydrolysis) is 1. The molecule has 0 radical (unpaired) electrons. The summed E-state index contributed by atoms with van der Waals surface area (Å²) in [5.41, 5.74) is 0. The van der Waals surface area contributed by atoms with Crippen LogP contribution in [0.2, 0.25) is 0 Å². The Kier molecular flexibility index (Phi) is 9.68. The summed E-state index contributed by atoms with van der Waals surface area (Å²) in [7, 11) is 0. The zero-order valence-corrected chi connectivity index (χ0v) is 12.4. The number of carbonyl (C=O) groups is 2.